The van der Waals surface area contributed by atoms with Crippen LogP contribution in [0.25, 0.3) is 16.5 Å². The van der Waals surface area contributed by atoms with Gasteiger partial charge in [0.05, 0.1) is 16.8 Å². The number of rotatable bonds is 3. The van der Waals surface area contributed by atoms with E-state index in [2.05, 4.69) is 10.3 Å². The van der Waals surface area contributed by atoms with Crippen LogP contribution in [0.4, 0.5) is 24.5 Å². The Hall–Kier alpha value is -3.68. The fraction of sp³-hybridized carbons (Fsp3) is 0.345. The summed E-state index contributed by atoms with van der Waals surface area (Å²) in [4.78, 5) is 32.1. The van der Waals surface area contributed by atoms with E-state index in [0.29, 0.717) is 23.2 Å². The molecule has 1 aliphatic heterocycles. The molecule has 3 aromatic rings. The molecule has 37 heavy (non-hydrogen) atoms. The summed E-state index contributed by atoms with van der Waals surface area (Å²) in [5.74, 6) is -0.686. The second-order valence-corrected chi connectivity index (χ2v) is 9.73. The number of carbonyl (C=O) groups is 2. The molecule has 0 unspecified atom stereocenters. The van der Waals surface area contributed by atoms with Gasteiger partial charge in [-0.2, -0.15) is 13.2 Å². The fourth-order valence-electron chi connectivity index (χ4n) is 5.30. The highest BCUT2D eigenvalue weighted by molar-refractivity contribution is 6.07. The van der Waals surface area contributed by atoms with Gasteiger partial charge in [0.15, 0.2) is 0 Å². The van der Waals surface area contributed by atoms with Crippen molar-refractivity contribution >= 4 is 39.7 Å². The Morgan fingerprint density at radius 1 is 1.00 bits per heavy atom. The maximum Gasteiger partial charge on any atom is 0.416 e. The Morgan fingerprint density at radius 2 is 1.78 bits per heavy atom. The van der Waals surface area contributed by atoms with Gasteiger partial charge in [-0.25, -0.2) is 0 Å². The molecule has 2 aromatic carbocycles. The van der Waals surface area contributed by atoms with Crippen LogP contribution in [0.2, 0.25) is 0 Å². The quantitative estimate of drug-likeness (QED) is 0.307. The molecule has 0 spiro atoms. The molecule has 2 aliphatic rings. The van der Waals surface area contributed by atoms with Gasteiger partial charge in [0, 0.05) is 41.4 Å². The van der Waals surface area contributed by atoms with Crippen molar-refractivity contribution in [2.75, 3.05) is 16.8 Å². The van der Waals surface area contributed by atoms with Gasteiger partial charge in [0.1, 0.15) is 0 Å². The molecule has 2 amide bonds. The molecule has 0 radical (unpaired) electrons. The van der Waals surface area contributed by atoms with E-state index in [-0.39, 0.29) is 30.0 Å². The first-order valence-corrected chi connectivity index (χ1v) is 12.7. The Morgan fingerprint density at radius 3 is 2.54 bits per heavy atom. The summed E-state index contributed by atoms with van der Waals surface area (Å²) in [5, 5.41) is 3.77. The normalized spacial score (nSPS) is 17.9. The average molecular weight is 508 g/mol. The van der Waals surface area contributed by atoms with E-state index in [1.165, 1.54) is 17.0 Å². The van der Waals surface area contributed by atoms with Crippen LogP contribution >= 0.6 is 0 Å². The third-order valence-corrected chi connectivity index (χ3v) is 7.22. The Balaban J connectivity index is 1.44. The lowest BCUT2D eigenvalue weighted by molar-refractivity contribution is -0.137. The highest BCUT2D eigenvalue weighted by Crippen LogP contribution is 2.41. The molecule has 8 heteroatoms. The number of hydrogen-bond acceptors (Lipinski definition) is 3. The Labute approximate surface area is 213 Å². The molecule has 1 aromatic heterocycles. The van der Waals surface area contributed by atoms with Crippen molar-refractivity contribution in [3.8, 4) is 0 Å². The van der Waals surface area contributed by atoms with Crippen LogP contribution in [0.3, 0.4) is 0 Å². The number of amides is 2. The molecule has 192 valence electrons. The zero-order valence-electron chi connectivity index (χ0n) is 20.4. The van der Waals surface area contributed by atoms with E-state index in [4.69, 9.17) is 0 Å². The minimum absolute atomic E-state index is 0.116. The molecular weight excluding hydrogens is 479 g/mol. The van der Waals surface area contributed by atoms with Crippen LogP contribution in [0.5, 0.6) is 0 Å². The smallest absolute Gasteiger partial charge is 0.322 e. The predicted molar refractivity (Wildman–Crippen MR) is 138 cm³/mol. The second-order valence-electron chi connectivity index (χ2n) is 9.73. The van der Waals surface area contributed by atoms with Crippen molar-refractivity contribution in [1.29, 1.82) is 0 Å². The zero-order valence-corrected chi connectivity index (χ0v) is 20.4. The average Bonchev–Trinajstić information content (AvgIpc) is 3.17. The maximum atomic E-state index is 13.6. The zero-order chi connectivity index (χ0) is 26.0. The summed E-state index contributed by atoms with van der Waals surface area (Å²) in [6.07, 6.45) is 4.52. The largest absolute Gasteiger partial charge is 0.416 e. The summed E-state index contributed by atoms with van der Waals surface area (Å²) >= 11 is 0. The number of alkyl halides is 3. The van der Waals surface area contributed by atoms with Crippen LogP contribution < -0.4 is 10.2 Å². The van der Waals surface area contributed by atoms with Crippen molar-refractivity contribution in [2.24, 2.45) is 5.92 Å². The van der Waals surface area contributed by atoms with Crippen molar-refractivity contribution in [3.63, 3.8) is 0 Å². The van der Waals surface area contributed by atoms with Gasteiger partial charge in [-0.05, 0) is 55.2 Å². The highest BCUT2D eigenvalue weighted by Gasteiger charge is 2.35. The Bertz CT molecular complexity index is 1360. The summed E-state index contributed by atoms with van der Waals surface area (Å²) in [5.41, 5.74) is 1.81. The number of halogens is 3. The molecule has 1 N–H and O–H groups in total. The lowest BCUT2D eigenvalue weighted by atomic mass is 9.91. The number of carbonyl (C=O) groups excluding carboxylic acids is 2. The maximum absolute atomic E-state index is 13.6. The molecule has 0 bridgehead atoms. The number of aromatic nitrogens is 1. The molecule has 1 saturated carbocycles. The van der Waals surface area contributed by atoms with E-state index >= 15 is 0 Å². The Kier molecular flexibility index (Phi) is 7.00. The molecular formula is C29H28F3N3O2. The number of nitrogens with zero attached hydrogens (tertiary/aromatic N) is 2. The third kappa shape index (κ3) is 5.53. The predicted octanol–water partition coefficient (Wildman–Crippen LogP) is 6.98. The van der Waals surface area contributed by atoms with Crippen LogP contribution in [0.15, 0.2) is 60.8 Å². The van der Waals surface area contributed by atoms with Crippen molar-refractivity contribution in [2.45, 2.75) is 51.1 Å². The number of nitrogens with one attached hydrogen (secondary N) is 1. The van der Waals surface area contributed by atoms with Gasteiger partial charge < -0.3 is 10.2 Å². The SMILES string of the molecule is O=C(/C=C1\CCN(C(=O)C2CCCCCC2)c2cc(C(F)(F)F)ccc21)Nc1ccc2cccnc2c1. The lowest BCUT2D eigenvalue weighted by Crippen LogP contribution is -2.39. The van der Waals surface area contributed by atoms with Crippen LogP contribution in [-0.4, -0.2) is 23.3 Å². The molecule has 5 nitrogen and oxygen atoms in total. The van der Waals surface area contributed by atoms with Crippen molar-refractivity contribution in [1.82, 2.24) is 4.98 Å². The topological polar surface area (TPSA) is 62.3 Å². The summed E-state index contributed by atoms with van der Waals surface area (Å²) in [6, 6.07) is 12.6. The molecule has 0 saturated heterocycles. The highest BCUT2D eigenvalue weighted by atomic mass is 19.4. The van der Waals surface area contributed by atoms with Gasteiger partial charge in [0.25, 0.3) is 0 Å². The summed E-state index contributed by atoms with van der Waals surface area (Å²) in [6.45, 7) is 0.239. The summed E-state index contributed by atoms with van der Waals surface area (Å²) in [7, 11) is 0. The van der Waals surface area contributed by atoms with Gasteiger partial charge in [-0.3, -0.25) is 14.6 Å². The van der Waals surface area contributed by atoms with E-state index in [9.17, 15) is 22.8 Å². The second kappa shape index (κ2) is 10.4. The van der Waals surface area contributed by atoms with Gasteiger partial charge in [0.2, 0.25) is 11.8 Å². The first kappa shape index (κ1) is 25.0. The number of benzene rings is 2. The van der Waals surface area contributed by atoms with Crippen LogP contribution in [-0.2, 0) is 15.8 Å². The minimum atomic E-state index is -4.53. The van der Waals surface area contributed by atoms with E-state index in [1.807, 2.05) is 18.2 Å². The number of hydrogen-bond donors (Lipinski definition) is 1. The van der Waals surface area contributed by atoms with Gasteiger partial charge >= 0.3 is 6.18 Å². The third-order valence-electron chi connectivity index (χ3n) is 7.22. The van der Waals surface area contributed by atoms with Crippen molar-refractivity contribution < 1.29 is 22.8 Å². The molecule has 1 aliphatic carbocycles. The molecule has 0 atom stereocenters. The number of anilines is 2. The van der Waals surface area contributed by atoms with E-state index < -0.39 is 11.7 Å². The first-order valence-electron chi connectivity index (χ1n) is 12.7. The molecule has 2 heterocycles. The number of fused-ring (bicyclic) bond motifs is 2. The number of pyridine rings is 1. The minimum Gasteiger partial charge on any atom is -0.322 e. The first-order chi connectivity index (χ1) is 17.8. The molecule has 1 fully saturated rings. The fourth-order valence-corrected chi connectivity index (χ4v) is 5.30. The van der Waals surface area contributed by atoms with Gasteiger partial charge in [-0.15, -0.1) is 0 Å². The van der Waals surface area contributed by atoms with Crippen LogP contribution in [0, 0.1) is 5.92 Å². The van der Waals surface area contributed by atoms with Crippen LogP contribution in [0.1, 0.15) is 56.1 Å². The monoisotopic (exact) mass is 507 g/mol. The standard InChI is InChI=1S/C29H28F3N3O2/c30-29(31,32)22-10-12-24-21(16-27(36)34-23-11-9-19-8-5-14-33-25(19)18-23)13-15-35(26(24)17-22)28(37)20-6-3-1-2-4-7-20/h5,8-12,14,16-18,20H,1-4,6-7,13,15H2,(H,34,36)/b21-16+. The van der Waals surface area contributed by atoms with Gasteiger partial charge in [-0.1, -0.05) is 43.9 Å². The van der Waals surface area contributed by atoms with Crippen molar-refractivity contribution in [3.05, 3.63) is 71.9 Å². The van der Waals surface area contributed by atoms with E-state index in [1.54, 1.807) is 18.3 Å². The lowest BCUT2D eigenvalue weighted by Gasteiger charge is -2.34. The molecule has 5 rings (SSSR count). The summed E-state index contributed by atoms with van der Waals surface area (Å²) < 4.78 is 40.7. The van der Waals surface area contributed by atoms with E-state index in [0.717, 1.165) is 61.6 Å².